The van der Waals surface area contributed by atoms with E-state index in [1.807, 2.05) is 4.90 Å². The van der Waals surface area contributed by atoms with E-state index in [9.17, 15) is 9.18 Å². The molecular weight excluding hydrogens is 301 g/mol. The number of ether oxygens (including phenoxy) is 2. The fraction of sp³-hybridized carbons (Fsp3) is 0.562. The van der Waals surface area contributed by atoms with E-state index < -0.39 is 6.10 Å². The zero-order chi connectivity index (χ0) is 16.2. The molecule has 2 aliphatic rings. The molecule has 0 unspecified atom stereocenters. The summed E-state index contributed by atoms with van der Waals surface area (Å²) in [5.41, 5.74) is 6.74. The molecule has 23 heavy (non-hydrogen) atoms. The second kappa shape index (κ2) is 7.25. The van der Waals surface area contributed by atoms with Crippen LogP contribution in [0.15, 0.2) is 18.2 Å². The summed E-state index contributed by atoms with van der Waals surface area (Å²) in [6, 6.07) is 4.57. The van der Waals surface area contributed by atoms with E-state index in [4.69, 9.17) is 15.2 Å². The van der Waals surface area contributed by atoms with Gasteiger partial charge < -0.3 is 25.4 Å². The number of nitrogens with one attached hydrogen (secondary N) is 1. The lowest BCUT2D eigenvalue weighted by Gasteiger charge is -2.29. The molecule has 2 aliphatic heterocycles. The predicted octanol–water partition coefficient (Wildman–Crippen LogP) is 1.11. The second-order valence-corrected chi connectivity index (χ2v) is 5.85. The minimum absolute atomic E-state index is 0.0674. The molecule has 0 saturated carbocycles. The Morgan fingerprint density at radius 1 is 1.30 bits per heavy atom. The van der Waals surface area contributed by atoms with Gasteiger partial charge in [-0.05, 0) is 31.0 Å². The highest BCUT2D eigenvalue weighted by Crippen LogP contribution is 2.25. The zero-order valence-electron chi connectivity index (χ0n) is 13.0. The molecule has 2 heterocycles. The molecule has 2 saturated heterocycles. The highest BCUT2D eigenvalue weighted by Gasteiger charge is 2.30. The first-order valence-corrected chi connectivity index (χ1v) is 7.95. The monoisotopic (exact) mass is 323 g/mol. The molecule has 0 aliphatic carbocycles. The van der Waals surface area contributed by atoms with Crippen LogP contribution in [0.3, 0.4) is 0 Å². The number of nitrogens with zero attached hydrogens (tertiary/aromatic N) is 1. The molecule has 2 fully saturated rings. The van der Waals surface area contributed by atoms with Crippen molar-refractivity contribution in [3.05, 3.63) is 24.0 Å². The number of rotatable bonds is 4. The molecule has 2 atom stereocenters. The van der Waals surface area contributed by atoms with Crippen LogP contribution in [0.25, 0.3) is 0 Å². The maximum absolute atomic E-state index is 13.9. The molecule has 0 aromatic heterocycles. The van der Waals surface area contributed by atoms with Crippen molar-refractivity contribution in [3.63, 3.8) is 0 Å². The Balaban J connectivity index is 1.67. The predicted molar refractivity (Wildman–Crippen MR) is 85.0 cm³/mol. The minimum atomic E-state index is -0.515. The molecule has 126 valence electrons. The minimum Gasteiger partial charge on any atom is -0.378 e. The van der Waals surface area contributed by atoms with Crippen molar-refractivity contribution < 1.29 is 18.7 Å². The van der Waals surface area contributed by atoms with E-state index in [2.05, 4.69) is 5.32 Å². The topological polar surface area (TPSA) is 76.8 Å². The Morgan fingerprint density at radius 2 is 2.09 bits per heavy atom. The van der Waals surface area contributed by atoms with E-state index in [0.717, 1.165) is 12.1 Å². The van der Waals surface area contributed by atoms with Crippen LogP contribution in [0, 0.1) is 5.82 Å². The van der Waals surface area contributed by atoms with Crippen molar-refractivity contribution in [2.75, 3.05) is 43.1 Å². The normalized spacial score (nSPS) is 24.7. The van der Waals surface area contributed by atoms with Crippen LogP contribution in [0.1, 0.15) is 12.8 Å². The lowest BCUT2D eigenvalue weighted by molar-refractivity contribution is -0.126. The number of nitrogens with two attached hydrogens (primary N) is 1. The summed E-state index contributed by atoms with van der Waals surface area (Å²) in [4.78, 5) is 14.3. The molecule has 1 amide bonds. The van der Waals surface area contributed by atoms with E-state index in [-0.39, 0.29) is 17.8 Å². The molecule has 3 rings (SSSR count). The van der Waals surface area contributed by atoms with Gasteiger partial charge >= 0.3 is 0 Å². The van der Waals surface area contributed by atoms with Crippen molar-refractivity contribution in [2.24, 2.45) is 5.73 Å². The molecule has 0 spiro atoms. The summed E-state index contributed by atoms with van der Waals surface area (Å²) < 4.78 is 24.7. The first kappa shape index (κ1) is 16.2. The number of carbonyl (C=O) groups is 1. The van der Waals surface area contributed by atoms with Crippen molar-refractivity contribution in [1.82, 2.24) is 0 Å². The summed E-state index contributed by atoms with van der Waals surface area (Å²) in [7, 11) is 0. The van der Waals surface area contributed by atoms with Gasteiger partial charge in [0, 0.05) is 31.0 Å². The van der Waals surface area contributed by atoms with Gasteiger partial charge in [-0.25, -0.2) is 4.39 Å². The SMILES string of the molecule is NC[C@H]1CC[C@@H](C(=O)Nc2cc(F)cc(N3CCOCC3)c2)O1. The number of hydrogen-bond acceptors (Lipinski definition) is 5. The van der Waals surface area contributed by atoms with Crippen LogP contribution in [0.5, 0.6) is 0 Å². The fourth-order valence-corrected chi connectivity index (χ4v) is 2.95. The highest BCUT2D eigenvalue weighted by atomic mass is 19.1. The standard InChI is InChI=1S/C16H22FN3O3/c17-11-7-12(9-13(8-11)20-3-5-22-6-4-20)19-16(21)15-2-1-14(10-18)23-15/h7-9,14-15H,1-6,10,18H2,(H,19,21)/t14-,15+/m1/s1. The van der Waals surface area contributed by atoms with Crippen LogP contribution >= 0.6 is 0 Å². The van der Waals surface area contributed by atoms with Gasteiger partial charge in [0.2, 0.25) is 0 Å². The van der Waals surface area contributed by atoms with Crippen LogP contribution in [0.4, 0.5) is 15.8 Å². The quantitative estimate of drug-likeness (QED) is 0.868. The molecule has 7 heteroatoms. The van der Waals surface area contributed by atoms with E-state index >= 15 is 0 Å². The van der Waals surface area contributed by atoms with E-state index in [1.54, 1.807) is 6.07 Å². The largest absolute Gasteiger partial charge is 0.378 e. The van der Waals surface area contributed by atoms with Gasteiger partial charge in [-0.15, -0.1) is 0 Å². The maximum atomic E-state index is 13.9. The Kier molecular flexibility index (Phi) is 5.09. The third-order valence-electron chi connectivity index (χ3n) is 4.19. The molecule has 3 N–H and O–H groups in total. The Bertz CT molecular complexity index is 564. The van der Waals surface area contributed by atoms with Crippen molar-refractivity contribution in [1.29, 1.82) is 0 Å². The van der Waals surface area contributed by atoms with Crippen LogP contribution < -0.4 is 16.0 Å². The van der Waals surface area contributed by atoms with Gasteiger partial charge in [0.15, 0.2) is 0 Å². The van der Waals surface area contributed by atoms with Crippen molar-refractivity contribution in [2.45, 2.75) is 25.0 Å². The van der Waals surface area contributed by atoms with Gasteiger partial charge in [-0.2, -0.15) is 0 Å². The lowest BCUT2D eigenvalue weighted by Crippen LogP contribution is -2.36. The smallest absolute Gasteiger partial charge is 0.253 e. The molecular formula is C16H22FN3O3. The van der Waals surface area contributed by atoms with Gasteiger partial charge in [-0.3, -0.25) is 4.79 Å². The van der Waals surface area contributed by atoms with Crippen LogP contribution in [0.2, 0.25) is 0 Å². The third kappa shape index (κ3) is 3.99. The summed E-state index contributed by atoms with van der Waals surface area (Å²) in [5.74, 6) is -0.629. The fourth-order valence-electron chi connectivity index (χ4n) is 2.95. The van der Waals surface area contributed by atoms with Crippen molar-refractivity contribution in [3.8, 4) is 0 Å². The third-order valence-corrected chi connectivity index (χ3v) is 4.19. The Labute approximate surface area is 134 Å². The molecule has 0 radical (unpaired) electrons. The molecule has 0 bridgehead atoms. The number of hydrogen-bond donors (Lipinski definition) is 2. The number of amides is 1. The lowest BCUT2D eigenvalue weighted by atomic mass is 10.2. The molecule has 6 nitrogen and oxygen atoms in total. The first-order valence-electron chi connectivity index (χ1n) is 7.95. The summed E-state index contributed by atoms with van der Waals surface area (Å²) in [5, 5.41) is 2.75. The van der Waals surface area contributed by atoms with Crippen LogP contribution in [-0.2, 0) is 14.3 Å². The van der Waals surface area contributed by atoms with Gasteiger partial charge in [0.1, 0.15) is 11.9 Å². The summed E-state index contributed by atoms with van der Waals surface area (Å²) >= 11 is 0. The van der Waals surface area contributed by atoms with Gasteiger partial charge in [0.25, 0.3) is 5.91 Å². The van der Waals surface area contributed by atoms with E-state index in [0.29, 0.717) is 45.0 Å². The number of benzene rings is 1. The number of morpholine rings is 1. The van der Waals surface area contributed by atoms with Crippen LogP contribution in [-0.4, -0.2) is 51.0 Å². The average molecular weight is 323 g/mol. The number of anilines is 2. The summed E-state index contributed by atoms with van der Waals surface area (Å²) in [6.45, 7) is 3.07. The molecule has 1 aromatic carbocycles. The Hall–Kier alpha value is -1.70. The highest BCUT2D eigenvalue weighted by molar-refractivity contribution is 5.94. The number of carbonyl (C=O) groups excluding carboxylic acids is 1. The average Bonchev–Trinajstić information content (AvgIpc) is 3.04. The first-order chi connectivity index (χ1) is 11.2. The van der Waals surface area contributed by atoms with E-state index in [1.165, 1.54) is 12.1 Å². The number of halogens is 1. The van der Waals surface area contributed by atoms with Gasteiger partial charge in [-0.1, -0.05) is 0 Å². The zero-order valence-corrected chi connectivity index (χ0v) is 13.0. The second-order valence-electron chi connectivity index (χ2n) is 5.85. The van der Waals surface area contributed by atoms with Crippen molar-refractivity contribution >= 4 is 17.3 Å². The Morgan fingerprint density at radius 3 is 2.78 bits per heavy atom. The summed E-state index contributed by atoms with van der Waals surface area (Å²) in [6.07, 6.45) is 0.830. The maximum Gasteiger partial charge on any atom is 0.253 e. The molecule has 1 aromatic rings. The van der Waals surface area contributed by atoms with Gasteiger partial charge in [0.05, 0.1) is 19.3 Å².